The average molecular weight is 497 g/mol. The summed E-state index contributed by atoms with van der Waals surface area (Å²) < 4.78 is 1.62. The number of rotatable bonds is 8. The minimum Gasteiger partial charge on any atom is -0.395 e. The monoisotopic (exact) mass is 496 g/mol. The number of nitrogens with two attached hydrogens (primary N) is 1. The van der Waals surface area contributed by atoms with E-state index in [1.807, 2.05) is 12.1 Å². The zero-order chi connectivity index (χ0) is 25.8. The van der Waals surface area contributed by atoms with E-state index in [0.29, 0.717) is 5.82 Å². The number of aryl methyl sites for hydroxylation is 1. The Morgan fingerprint density at radius 3 is 2.14 bits per heavy atom. The fourth-order valence-corrected chi connectivity index (χ4v) is 4.77. The number of aromatic nitrogens is 3. The largest absolute Gasteiger partial charge is 0.395 e. The summed E-state index contributed by atoms with van der Waals surface area (Å²) in [5, 5.41) is 16.9. The first-order valence-electron chi connectivity index (χ1n) is 12.6. The van der Waals surface area contributed by atoms with Gasteiger partial charge >= 0.3 is 0 Å². The second kappa shape index (κ2) is 11.0. The molecule has 0 radical (unpaired) electrons. The van der Waals surface area contributed by atoms with Crippen LogP contribution in [0.2, 0.25) is 0 Å². The third-order valence-corrected chi connectivity index (χ3v) is 6.79. The van der Waals surface area contributed by atoms with Gasteiger partial charge in [0.05, 0.1) is 12.3 Å². The van der Waals surface area contributed by atoms with Crippen molar-refractivity contribution in [3.8, 4) is 16.8 Å². The van der Waals surface area contributed by atoms with Crippen LogP contribution in [0.25, 0.3) is 16.8 Å². The first-order valence-corrected chi connectivity index (χ1v) is 12.6. The molecular weight excluding hydrogens is 464 g/mol. The van der Waals surface area contributed by atoms with Crippen LogP contribution >= 0.6 is 0 Å². The molecule has 1 unspecified atom stereocenters. The van der Waals surface area contributed by atoms with Crippen molar-refractivity contribution in [2.75, 3.05) is 26.2 Å². The van der Waals surface area contributed by atoms with E-state index in [2.05, 4.69) is 81.0 Å². The molecule has 8 nitrogen and oxygen atoms in total. The zero-order valence-electron chi connectivity index (χ0n) is 21.0. The van der Waals surface area contributed by atoms with E-state index in [0.717, 1.165) is 38.3 Å². The molecular formula is C29H32N6O2. The molecule has 190 valence electrons. The van der Waals surface area contributed by atoms with E-state index >= 15 is 0 Å². The predicted octanol–water partition coefficient (Wildman–Crippen LogP) is 2.70. The highest BCUT2D eigenvalue weighted by Crippen LogP contribution is 2.22. The molecule has 3 aromatic carbocycles. The molecule has 1 saturated heterocycles. The number of carbonyl (C=O) groups is 1. The summed E-state index contributed by atoms with van der Waals surface area (Å²) >= 11 is 0. The Balaban J connectivity index is 1.20. The molecule has 1 atom stereocenters. The molecule has 1 aromatic heterocycles. The Labute approximate surface area is 216 Å². The van der Waals surface area contributed by atoms with Crippen molar-refractivity contribution in [3.05, 3.63) is 101 Å². The van der Waals surface area contributed by atoms with Crippen LogP contribution in [0.15, 0.2) is 72.8 Å². The maximum Gasteiger partial charge on any atom is 0.288 e. The first kappa shape index (κ1) is 24.8. The van der Waals surface area contributed by atoms with Crippen molar-refractivity contribution in [2.45, 2.75) is 25.9 Å². The summed E-state index contributed by atoms with van der Waals surface area (Å²) in [6, 6.07) is 25.7. The number of benzene rings is 3. The normalized spacial score (nSPS) is 16.1. The molecule has 4 N–H and O–H groups in total. The van der Waals surface area contributed by atoms with Gasteiger partial charge in [0.25, 0.3) is 5.91 Å². The summed E-state index contributed by atoms with van der Waals surface area (Å²) in [5.41, 5.74) is 12.2. The Hall–Kier alpha value is -3.85. The summed E-state index contributed by atoms with van der Waals surface area (Å²) in [7, 11) is 0. The Morgan fingerprint density at radius 2 is 1.57 bits per heavy atom. The highest BCUT2D eigenvalue weighted by atomic mass is 16.3. The SMILES string of the molecule is Cc1nc(C(N)=O)nn1-c1ccc(Cc2ccc(-c3ccc(CN4CCNC(CO)C4)cc3)cc2)cc1. The third-order valence-electron chi connectivity index (χ3n) is 6.79. The number of aliphatic hydroxyl groups is 1. The van der Waals surface area contributed by atoms with Crippen LogP contribution in [0.4, 0.5) is 0 Å². The lowest BCUT2D eigenvalue weighted by Crippen LogP contribution is -2.51. The molecule has 1 amide bonds. The maximum absolute atomic E-state index is 11.4. The van der Waals surface area contributed by atoms with Crippen LogP contribution < -0.4 is 11.1 Å². The van der Waals surface area contributed by atoms with E-state index < -0.39 is 5.91 Å². The minimum absolute atomic E-state index is 0.0204. The van der Waals surface area contributed by atoms with Crippen LogP contribution in [0.1, 0.15) is 33.1 Å². The molecule has 1 aliphatic heterocycles. The highest BCUT2D eigenvalue weighted by Gasteiger charge is 2.18. The number of hydrogen-bond acceptors (Lipinski definition) is 6. The van der Waals surface area contributed by atoms with Gasteiger partial charge < -0.3 is 16.2 Å². The van der Waals surface area contributed by atoms with Gasteiger partial charge in [0.1, 0.15) is 5.82 Å². The maximum atomic E-state index is 11.4. The van der Waals surface area contributed by atoms with Gasteiger partial charge in [-0.05, 0) is 53.3 Å². The molecule has 4 aromatic rings. The summed E-state index contributed by atoms with van der Waals surface area (Å²) in [5.74, 6) is 0.00126. The standard InChI is InChI=1S/C29H32N6O2/c1-20-32-29(28(30)37)33-35(20)27-12-6-22(7-13-27)16-21-2-8-24(9-3-21)25-10-4-23(5-11-25)17-34-15-14-31-26(18-34)19-36/h2-13,26,31,36H,14-19H2,1H3,(H2,30,37). The molecule has 0 bridgehead atoms. The van der Waals surface area contributed by atoms with Gasteiger partial charge in [-0.1, -0.05) is 60.7 Å². The summed E-state index contributed by atoms with van der Waals surface area (Å²) in [6.07, 6.45) is 0.821. The smallest absolute Gasteiger partial charge is 0.288 e. The molecule has 0 saturated carbocycles. The van der Waals surface area contributed by atoms with Gasteiger partial charge in [0.15, 0.2) is 0 Å². The van der Waals surface area contributed by atoms with Crippen molar-refractivity contribution in [2.24, 2.45) is 5.73 Å². The number of nitrogens with one attached hydrogen (secondary N) is 1. The zero-order valence-corrected chi connectivity index (χ0v) is 21.0. The number of hydrogen-bond donors (Lipinski definition) is 3. The second-order valence-corrected chi connectivity index (χ2v) is 9.56. The number of amides is 1. The molecule has 1 fully saturated rings. The third kappa shape index (κ3) is 5.94. The van der Waals surface area contributed by atoms with Crippen molar-refractivity contribution >= 4 is 5.91 Å². The Kier molecular flexibility index (Phi) is 7.41. The minimum atomic E-state index is -0.634. The van der Waals surface area contributed by atoms with E-state index in [4.69, 9.17) is 5.73 Å². The van der Waals surface area contributed by atoms with Crippen LogP contribution in [0.5, 0.6) is 0 Å². The fraction of sp³-hybridized carbons (Fsp3) is 0.276. The topological polar surface area (TPSA) is 109 Å². The molecule has 8 heteroatoms. The van der Waals surface area contributed by atoms with Gasteiger partial charge in [0, 0.05) is 32.2 Å². The lowest BCUT2D eigenvalue weighted by atomic mass is 9.99. The van der Waals surface area contributed by atoms with Crippen LogP contribution in [-0.2, 0) is 13.0 Å². The summed E-state index contributed by atoms with van der Waals surface area (Å²) in [6.45, 7) is 5.66. The lowest BCUT2D eigenvalue weighted by molar-refractivity contribution is 0.0990. The van der Waals surface area contributed by atoms with Crippen LogP contribution in [0.3, 0.4) is 0 Å². The number of primary amides is 1. The number of nitrogens with zero attached hydrogens (tertiary/aromatic N) is 4. The molecule has 2 heterocycles. The van der Waals surface area contributed by atoms with Crippen molar-refractivity contribution < 1.29 is 9.90 Å². The molecule has 1 aliphatic rings. The van der Waals surface area contributed by atoms with Gasteiger partial charge in [-0.25, -0.2) is 9.67 Å². The fourth-order valence-electron chi connectivity index (χ4n) is 4.77. The van der Waals surface area contributed by atoms with Crippen molar-refractivity contribution in [1.82, 2.24) is 25.0 Å². The van der Waals surface area contributed by atoms with Crippen LogP contribution in [-0.4, -0.2) is 63.0 Å². The Bertz CT molecular complexity index is 1350. The van der Waals surface area contributed by atoms with Crippen molar-refractivity contribution in [1.29, 1.82) is 0 Å². The molecule has 0 aliphatic carbocycles. The molecule has 5 rings (SSSR count). The average Bonchev–Trinajstić information content (AvgIpc) is 3.32. The number of carbonyl (C=O) groups excluding carboxylic acids is 1. The summed E-state index contributed by atoms with van der Waals surface area (Å²) in [4.78, 5) is 17.9. The quantitative estimate of drug-likeness (QED) is 0.346. The van der Waals surface area contributed by atoms with Crippen molar-refractivity contribution in [3.63, 3.8) is 0 Å². The lowest BCUT2D eigenvalue weighted by Gasteiger charge is -2.32. The van der Waals surface area contributed by atoms with E-state index in [1.165, 1.54) is 27.8 Å². The second-order valence-electron chi connectivity index (χ2n) is 9.56. The molecule has 37 heavy (non-hydrogen) atoms. The number of aliphatic hydroxyl groups excluding tert-OH is 1. The first-order chi connectivity index (χ1) is 18.0. The van der Waals surface area contributed by atoms with Gasteiger partial charge in [-0.15, -0.1) is 5.10 Å². The molecule has 0 spiro atoms. The van der Waals surface area contributed by atoms with E-state index in [9.17, 15) is 9.90 Å². The van der Waals surface area contributed by atoms with Gasteiger partial charge in [0.2, 0.25) is 5.82 Å². The predicted molar refractivity (Wildman–Crippen MR) is 143 cm³/mol. The highest BCUT2D eigenvalue weighted by molar-refractivity contribution is 5.88. The Morgan fingerprint density at radius 1 is 0.973 bits per heavy atom. The van der Waals surface area contributed by atoms with Gasteiger partial charge in [-0.2, -0.15) is 0 Å². The van der Waals surface area contributed by atoms with E-state index in [1.54, 1.807) is 11.6 Å². The number of piperazine rings is 1. The van der Waals surface area contributed by atoms with Crippen LogP contribution in [0, 0.1) is 6.92 Å². The van der Waals surface area contributed by atoms with Gasteiger partial charge in [-0.3, -0.25) is 9.69 Å². The van der Waals surface area contributed by atoms with E-state index in [-0.39, 0.29) is 18.5 Å².